The number of benzene rings is 2. The van der Waals surface area contributed by atoms with Crippen LogP contribution in [0.1, 0.15) is 32.2 Å². The minimum atomic E-state index is -1.34. The normalized spacial score (nSPS) is 19.8. The van der Waals surface area contributed by atoms with Gasteiger partial charge in [-0.05, 0) is 31.5 Å². The maximum absolute atomic E-state index is 12.7. The SMILES string of the molecule is CCC1(C)NC(=O)N(NC(O)c2cc(-c3ccccc3)nn2-c2ccccc2)C1=O. The summed E-state index contributed by atoms with van der Waals surface area (Å²) >= 11 is 0. The Morgan fingerprint density at radius 3 is 2.33 bits per heavy atom. The summed E-state index contributed by atoms with van der Waals surface area (Å²) in [5, 5.41) is 19.0. The van der Waals surface area contributed by atoms with Crippen LogP contribution in [0.15, 0.2) is 66.7 Å². The molecule has 1 aromatic heterocycles. The Hall–Kier alpha value is -3.49. The molecule has 1 aliphatic rings. The van der Waals surface area contributed by atoms with Crippen LogP contribution in [0, 0.1) is 0 Å². The molecule has 3 N–H and O–H groups in total. The first-order chi connectivity index (χ1) is 14.4. The van der Waals surface area contributed by atoms with Crippen LogP contribution >= 0.6 is 0 Å². The van der Waals surface area contributed by atoms with E-state index in [0.717, 1.165) is 16.3 Å². The lowest BCUT2D eigenvalue weighted by molar-refractivity contribution is -0.135. The molecule has 8 heteroatoms. The van der Waals surface area contributed by atoms with Gasteiger partial charge in [-0.25, -0.2) is 9.48 Å². The van der Waals surface area contributed by atoms with Crippen LogP contribution in [-0.2, 0) is 4.79 Å². The fraction of sp³-hybridized carbons (Fsp3) is 0.227. The van der Waals surface area contributed by atoms with Gasteiger partial charge in [0.25, 0.3) is 5.91 Å². The Morgan fingerprint density at radius 1 is 1.10 bits per heavy atom. The van der Waals surface area contributed by atoms with Gasteiger partial charge in [-0.3, -0.25) is 4.79 Å². The van der Waals surface area contributed by atoms with Gasteiger partial charge >= 0.3 is 6.03 Å². The van der Waals surface area contributed by atoms with Crippen molar-refractivity contribution in [3.8, 4) is 16.9 Å². The summed E-state index contributed by atoms with van der Waals surface area (Å²) in [7, 11) is 0. The Labute approximate surface area is 174 Å². The molecule has 0 bridgehead atoms. The number of para-hydroxylation sites is 1. The average Bonchev–Trinajstić information content (AvgIpc) is 3.31. The average molecular weight is 405 g/mol. The van der Waals surface area contributed by atoms with E-state index in [1.165, 1.54) is 0 Å². The predicted molar refractivity (Wildman–Crippen MR) is 111 cm³/mol. The van der Waals surface area contributed by atoms with Crippen LogP contribution in [0.25, 0.3) is 16.9 Å². The second-order valence-electron chi connectivity index (χ2n) is 7.36. The van der Waals surface area contributed by atoms with Crippen LogP contribution < -0.4 is 10.7 Å². The molecule has 1 saturated heterocycles. The summed E-state index contributed by atoms with van der Waals surface area (Å²) < 4.78 is 1.59. The maximum atomic E-state index is 12.7. The molecule has 3 aromatic rings. The van der Waals surface area contributed by atoms with Crippen LogP contribution in [0.2, 0.25) is 0 Å². The molecular weight excluding hydrogens is 382 g/mol. The summed E-state index contributed by atoms with van der Waals surface area (Å²) in [5.41, 5.74) is 4.30. The number of urea groups is 1. The van der Waals surface area contributed by atoms with E-state index in [-0.39, 0.29) is 0 Å². The van der Waals surface area contributed by atoms with E-state index in [0.29, 0.717) is 17.8 Å². The lowest BCUT2D eigenvalue weighted by atomic mass is 10.00. The van der Waals surface area contributed by atoms with Gasteiger partial charge in [-0.1, -0.05) is 55.5 Å². The monoisotopic (exact) mass is 405 g/mol. The van der Waals surface area contributed by atoms with Gasteiger partial charge in [-0.15, -0.1) is 0 Å². The predicted octanol–water partition coefficient (Wildman–Crippen LogP) is 2.76. The molecule has 0 spiro atoms. The third kappa shape index (κ3) is 3.47. The van der Waals surface area contributed by atoms with E-state index in [9.17, 15) is 14.7 Å². The number of nitrogens with one attached hydrogen (secondary N) is 2. The third-order valence-electron chi connectivity index (χ3n) is 5.31. The zero-order chi connectivity index (χ0) is 21.3. The van der Waals surface area contributed by atoms with Crippen molar-refractivity contribution >= 4 is 11.9 Å². The topological polar surface area (TPSA) is 99.5 Å². The lowest BCUT2D eigenvalue weighted by Gasteiger charge is -2.22. The molecule has 30 heavy (non-hydrogen) atoms. The largest absolute Gasteiger partial charge is 0.371 e. The summed E-state index contributed by atoms with van der Waals surface area (Å²) in [6.07, 6.45) is -0.907. The number of nitrogens with zero attached hydrogens (tertiary/aromatic N) is 3. The molecule has 154 valence electrons. The number of hydrogen-bond donors (Lipinski definition) is 3. The van der Waals surface area contributed by atoms with E-state index < -0.39 is 23.7 Å². The molecule has 4 rings (SSSR count). The highest BCUT2D eigenvalue weighted by atomic mass is 16.3. The third-order valence-corrected chi connectivity index (χ3v) is 5.31. The second-order valence-corrected chi connectivity index (χ2v) is 7.36. The number of hydrogen-bond acceptors (Lipinski definition) is 5. The molecule has 8 nitrogen and oxygen atoms in total. The first-order valence-corrected chi connectivity index (χ1v) is 9.74. The van der Waals surface area contributed by atoms with E-state index in [1.54, 1.807) is 17.7 Å². The van der Waals surface area contributed by atoms with Crippen molar-refractivity contribution in [1.29, 1.82) is 0 Å². The van der Waals surface area contributed by atoms with Crippen molar-refractivity contribution in [2.45, 2.75) is 32.0 Å². The maximum Gasteiger partial charge on any atom is 0.339 e. The van der Waals surface area contributed by atoms with Crippen LogP contribution in [0.4, 0.5) is 4.79 Å². The number of rotatable bonds is 6. The van der Waals surface area contributed by atoms with Gasteiger partial charge < -0.3 is 10.4 Å². The van der Waals surface area contributed by atoms with Crippen LogP contribution in [0.3, 0.4) is 0 Å². The van der Waals surface area contributed by atoms with Gasteiger partial charge in [0.05, 0.1) is 17.1 Å². The van der Waals surface area contributed by atoms with E-state index in [2.05, 4.69) is 15.8 Å². The quantitative estimate of drug-likeness (QED) is 0.433. The van der Waals surface area contributed by atoms with Gasteiger partial charge in [0.15, 0.2) is 6.23 Å². The summed E-state index contributed by atoms with van der Waals surface area (Å²) in [6.45, 7) is 3.47. The minimum absolute atomic E-state index is 0.394. The molecule has 0 saturated carbocycles. The van der Waals surface area contributed by atoms with Crippen molar-refractivity contribution < 1.29 is 14.7 Å². The lowest BCUT2D eigenvalue weighted by Crippen LogP contribution is -2.47. The van der Waals surface area contributed by atoms with Gasteiger partial charge in [0.2, 0.25) is 0 Å². The fourth-order valence-electron chi connectivity index (χ4n) is 3.35. The first-order valence-electron chi connectivity index (χ1n) is 9.74. The highest BCUT2D eigenvalue weighted by molar-refractivity contribution is 6.06. The molecule has 2 atom stereocenters. The smallest absolute Gasteiger partial charge is 0.339 e. The number of amides is 3. The molecule has 2 aromatic carbocycles. The van der Waals surface area contributed by atoms with Crippen molar-refractivity contribution in [3.63, 3.8) is 0 Å². The standard InChI is InChI=1S/C22H23N5O3/c1-3-22(2)20(29)27(21(30)23-22)25-19(28)18-14-17(15-10-6-4-7-11-15)24-26(18)16-12-8-5-9-13-16/h4-14,19,25,28H,3H2,1-2H3,(H,23,30). The van der Waals surface area contributed by atoms with Crippen molar-refractivity contribution in [2.24, 2.45) is 0 Å². The Morgan fingerprint density at radius 2 is 1.73 bits per heavy atom. The number of aliphatic hydroxyl groups is 1. The van der Waals surface area contributed by atoms with Crippen molar-refractivity contribution in [1.82, 2.24) is 25.5 Å². The molecule has 1 fully saturated rings. The van der Waals surface area contributed by atoms with Gasteiger partial charge in [-0.2, -0.15) is 15.5 Å². The number of aromatic nitrogens is 2. The fourth-order valence-corrected chi connectivity index (χ4v) is 3.35. The molecule has 3 amide bonds. The molecule has 0 radical (unpaired) electrons. The highest BCUT2D eigenvalue weighted by Crippen LogP contribution is 2.26. The number of aliphatic hydroxyl groups excluding tert-OH is 1. The summed E-state index contributed by atoms with van der Waals surface area (Å²) in [5.74, 6) is -0.442. The summed E-state index contributed by atoms with van der Waals surface area (Å²) in [4.78, 5) is 25.0. The number of hydrazine groups is 1. The van der Waals surface area contributed by atoms with E-state index >= 15 is 0 Å². The van der Waals surface area contributed by atoms with E-state index in [1.807, 2.05) is 67.6 Å². The van der Waals surface area contributed by atoms with Gasteiger partial charge in [0.1, 0.15) is 5.54 Å². The number of carbonyl (C=O) groups is 2. The summed E-state index contributed by atoms with van der Waals surface area (Å²) in [6, 6.07) is 20.1. The van der Waals surface area contributed by atoms with E-state index in [4.69, 9.17) is 0 Å². The van der Waals surface area contributed by atoms with Crippen molar-refractivity contribution in [3.05, 3.63) is 72.4 Å². The Balaban J connectivity index is 1.70. The Bertz CT molecular complexity index is 1070. The molecule has 2 heterocycles. The minimum Gasteiger partial charge on any atom is -0.371 e. The zero-order valence-electron chi connectivity index (χ0n) is 16.7. The second kappa shape index (κ2) is 7.74. The molecule has 1 aliphatic heterocycles. The molecule has 0 aliphatic carbocycles. The van der Waals surface area contributed by atoms with Crippen LogP contribution in [-0.4, -0.2) is 37.4 Å². The van der Waals surface area contributed by atoms with Crippen LogP contribution in [0.5, 0.6) is 0 Å². The number of imide groups is 1. The Kier molecular flexibility index (Phi) is 5.11. The van der Waals surface area contributed by atoms with Crippen molar-refractivity contribution in [2.75, 3.05) is 0 Å². The highest BCUT2D eigenvalue weighted by Gasteiger charge is 2.47. The molecule has 2 unspecified atom stereocenters. The first kappa shape index (κ1) is 19.8. The molecular formula is C22H23N5O3. The van der Waals surface area contributed by atoms with Gasteiger partial charge in [0, 0.05) is 5.56 Å². The number of carbonyl (C=O) groups excluding carboxylic acids is 2. The zero-order valence-corrected chi connectivity index (χ0v) is 16.7.